The molecule has 0 saturated carbocycles. The van der Waals surface area contributed by atoms with Crippen LogP contribution in [0.25, 0.3) is 16.6 Å². The maximum Gasteiger partial charge on any atom is 0.158 e. The number of nitrogens with zero attached hydrogens (tertiary/aromatic N) is 2. The molecule has 2 aliphatic rings. The van der Waals surface area contributed by atoms with Gasteiger partial charge < -0.3 is 0 Å². The van der Waals surface area contributed by atoms with Crippen molar-refractivity contribution in [2.24, 2.45) is 5.41 Å². The van der Waals surface area contributed by atoms with E-state index in [9.17, 15) is 4.79 Å². The van der Waals surface area contributed by atoms with E-state index < -0.39 is 0 Å². The van der Waals surface area contributed by atoms with Crippen LogP contribution in [0.4, 0.5) is 0 Å². The molecule has 130 valence electrons. The van der Waals surface area contributed by atoms with E-state index in [0.717, 1.165) is 40.3 Å². The number of hydrogen-bond acceptors (Lipinski definition) is 3. The molecule has 5 rings (SSSR count). The number of allylic oxidation sites excluding steroid dienone is 2. The van der Waals surface area contributed by atoms with Crippen molar-refractivity contribution in [3.8, 4) is 0 Å². The van der Waals surface area contributed by atoms with E-state index in [0.29, 0.717) is 6.42 Å². The molecule has 0 bridgehead atoms. The second-order valence-corrected chi connectivity index (χ2v) is 8.40. The summed E-state index contributed by atoms with van der Waals surface area (Å²) in [4.78, 5) is 12.5. The van der Waals surface area contributed by atoms with Crippen LogP contribution in [0.1, 0.15) is 36.5 Å². The molecule has 0 amide bonds. The summed E-state index contributed by atoms with van der Waals surface area (Å²) in [6, 6.07) is 12.7. The molecule has 0 saturated heterocycles. The summed E-state index contributed by atoms with van der Waals surface area (Å²) in [5, 5.41) is 11.3. The van der Waals surface area contributed by atoms with Crippen molar-refractivity contribution in [1.29, 1.82) is 0 Å². The first kappa shape index (κ1) is 15.9. The zero-order valence-corrected chi connectivity index (χ0v) is 16.1. The van der Waals surface area contributed by atoms with Crippen molar-refractivity contribution in [3.05, 3.63) is 63.1 Å². The molecule has 0 spiro atoms. The zero-order chi connectivity index (χ0) is 17.9. The summed E-state index contributed by atoms with van der Waals surface area (Å²) >= 11 is 3.52. The lowest BCUT2D eigenvalue weighted by molar-refractivity contribution is -0.116. The van der Waals surface area contributed by atoms with E-state index in [2.05, 4.69) is 61.7 Å². The lowest BCUT2D eigenvalue weighted by Gasteiger charge is -2.36. The van der Waals surface area contributed by atoms with Crippen LogP contribution in [-0.4, -0.2) is 21.2 Å². The van der Waals surface area contributed by atoms with Crippen LogP contribution in [0.5, 0.6) is 0 Å². The van der Waals surface area contributed by atoms with Gasteiger partial charge >= 0.3 is 0 Å². The highest BCUT2D eigenvalue weighted by atomic mass is 79.9. The van der Waals surface area contributed by atoms with Gasteiger partial charge in [-0.15, -0.1) is 5.10 Å². The second-order valence-electron chi connectivity index (χ2n) is 7.48. The van der Waals surface area contributed by atoms with Gasteiger partial charge in [0.2, 0.25) is 0 Å². The van der Waals surface area contributed by atoms with Gasteiger partial charge in [-0.3, -0.25) is 9.89 Å². The van der Waals surface area contributed by atoms with Crippen LogP contribution < -0.4 is 0 Å². The SMILES string of the molecule is CC1=C2c3ccc4[nH]nnc4c3CC2(Cc2ccc(Br)cc2)CCC1=O. The van der Waals surface area contributed by atoms with Crippen LogP contribution in [-0.2, 0) is 17.6 Å². The normalized spacial score (nSPS) is 22.0. The largest absolute Gasteiger partial charge is 0.295 e. The van der Waals surface area contributed by atoms with Crippen molar-refractivity contribution in [2.45, 2.75) is 32.6 Å². The quantitative estimate of drug-likeness (QED) is 0.672. The van der Waals surface area contributed by atoms with E-state index in [1.54, 1.807) is 0 Å². The topological polar surface area (TPSA) is 58.6 Å². The molecule has 0 fully saturated rings. The number of Topliss-reactive ketones (excluding diaryl/α,β-unsaturated/α-hetero) is 1. The molecule has 3 aromatic rings. The first-order valence-electron chi connectivity index (χ1n) is 8.89. The third kappa shape index (κ3) is 2.23. The molecule has 4 nitrogen and oxygen atoms in total. The number of hydrogen-bond donors (Lipinski definition) is 1. The number of fused-ring (bicyclic) bond motifs is 5. The molecule has 1 unspecified atom stereocenters. The highest BCUT2D eigenvalue weighted by Crippen LogP contribution is 2.56. The molecule has 2 aliphatic carbocycles. The molecule has 1 heterocycles. The Hall–Kier alpha value is -2.27. The molecule has 1 atom stereocenters. The van der Waals surface area contributed by atoms with Gasteiger partial charge in [0.15, 0.2) is 5.78 Å². The number of rotatable bonds is 2. The molecule has 5 heteroatoms. The summed E-state index contributed by atoms with van der Waals surface area (Å²) < 4.78 is 1.09. The van der Waals surface area contributed by atoms with Crippen molar-refractivity contribution < 1.29 is 4.79 Å². The minimum absolute atomic E-state index is 0.0264. The Labute approximate surface area is 159 Å². The van der Waals surface area contributed by atoms with Gasteiger partial charge in [-0.05, 0) is 72.2 Å². The Morgan fingerprint density at radius 1 is 1.19 bits per heavy atom. The van der Waals surface area contributed by atoms with Crippen LogP contribution in [0.2, 0.25) is 0 Å². The smallest absolute Gasteiger partial charge is 0.158 e. The third-order valence-corrected chi connectivity index (χ3v) is 6.53. The Morgan fingerprint density at radius 2 is 2.00 bits per heavy atom. The lowest BCUT2D eigenvalue weighted by atomic mass is 9.67. The summed E-state index contributed by atoms with van der Waals surface area (Å²) in [7, 11) is 0. The fraction of sp³-hybridized carbons (Fsp3) is 0.286. The average molecular weight is 408 g/mol. The predicted octanol–water partition coefficient (Wildman–Crippen LogP) is 4.64. The predicted molar refractivity (Wildman–Crippen MR) is 105 cm³/mol. The molecule has 0 aliphatic heterocycles. The first-order valence-corrected chi connectivity index (χ1v) is 9.69. The van der Waals surface area contributed by atoms with E-state index in [1.807, 2.05) is 13.0 Å². The van der Waals surface area contributed by atoms with Gasteiger partial charge in [0.1, 0.15) is 5.52 Å². The van der Waals surface area contributed by atoms with Crippen molar-refractivity contribution in [1.82, 2.24) is 15.4 Å². The van der Waals surface area contributed by atoms with E-state index in [1.165, 1.54) is 22.3 Å². The highest BCUT2D eigenvalue weighted by Gasteiger charge is 2.47. The molecule has 0 radical (unpaired) electrons. The number of H-pyrrole nitrogens is 1. The minimum atomic E-state index is -0.0264. The number of ketones is 1. The lowest BCUT2D eigenvalue weighted by Crippen LogP contribution is -2.30. The number of halogens is 1. The second kappa shape index (κ2) is 5.61. The number of aromatic nitrogens is 3. The van der Waals surface area contributed by atoms with Crippen LogP contribution in [0, 0.1) is 5.41 Å². The van der Waals surface area contributed by atoms with Crippen LogP contribution >= 0.6 is 15.9 Å². The Balaban J connectivity index is 1.70. The first-order chi connectivity index (χ1) is 12.6. The van der Waals surface area contributed by atoms with Gasteiger partial charge in [0.25, 0.3) is 0 Å². The summed E-state index contributed by atoms with van der Waals surface area (Å²) in [5.74, 6) is 0.277. The Bertz CT molecular complexity index is 1080. The van der Waals surface area contributed by atoms with E-state index in [-0.39, 0.29) is 11.2 Å². The minimum Gasteiger partial charge on any atom is -0.295 e. The van der Waals surface area contributed by atoms with E-state index >= 15 is 0 Å². The Morgan fingerprint density at radius 3 is 2.81 bits per heavy atom. The third-order valence-electron chi connectivity index (χ3n) is 6.00. The summed E-state index contributed by atoms with van der Waals surface area (Å²) in [6.07, 6.45) is 3.38. The fourth-order valence-electron chi connectivity index (χ4n) is 4.82. The number of aromatic amines is 1. The zero-order valence-electron chi connectivity index (χ0n) is 14.5. The maximum absolute atomic E-state index is 12.5. The number of benzene rings is 2. The van der Waals surface area contributed by atoms with Gasteiger partial charge in [0.05, 0.1) is 5.52 Å². The van der Waals surface area contributed by atoms with Gasteiger partial charge in [-0.1, -0.05) is 39.3 Å². The number of carbonyl (C=O) groups is 1. The highest BCUT2D eigenvalue weighted by molar-refractivity contribution is 9.10. The molecule has 1 aromatic heterocycles. The molecule has 2 aromatic carbocycles. The Kier molecular flexibility index (Phi) is 3.44. The van der Waals surface area contributed by atoms with Crippen molar-refractivity contribution in [2.75, 3.05) is 0 Å². The van der Waals surface area contributed by atoms with Gasteiger partial charge in [0, 0.05) is 16.3 Å². The molecular weight excluding hydrogens is 390 g/mol. The molecule has 1 N–H and O–H groups in total. The van der Waals surface area contributed by atoms with E-state index in [4.69, 9.17) is 0 Å². The van der Waals surface area contributed by atoms with Gasteiger partial charge in [-0.25, -0.2) is 0 Å². The number of carbonyl (C=O) groups excluding carboxylic acids is 1. The van der Waals surface area contributed by atoms with Crippen LogP contribution in [0.15, 0.2) is 46.4 Å². The maximum atomic E-state index is 12.5. The molecule has 26 heavy (non-hydrogen) atoms. The van der Waals surface area contributed by atoms with Crippen LogP contribution in [0.3, 0.4) is 0 Å². The number of nitrogens with one attached hydrogen (secondary N) is 1. The van der Waals surface area contributed by atoms with Gasteiger partial charge in [-0.2, -0.15) is 0 Å². The average Bonchev–Trinajstić information content (AvgIpc) is 3.23. The summed E-state index contributed by atoms with van der Waals surface area (Å²) in [6.45, 7) is 2.00. The van der Waals surface area contributed by atoms with Crippen molar-refractivity contribution >= 4 is 38.3 Å². The van der Waals surface area contributed by atoms with Crippen molar-refractivity contribution in [3.63, 3.8) is 0 Å². The summed E-state index contributed by atoms with van der Waals surface area (Å²) in [5.41, 5.74) is 7.77. The molecular formula is C21H18BrN3O. The fourth-order valence-corrected chi connectivity index (χ4v) is 5.08. The standard InChI is InChI=1S/C21H18BrN3O/c1-12-18(26)8-9-21(10-13-2-4-14(22)5-3-13)11-16-15(19(12)21)6-7-17-20(16)24-25-23-17/h2-7H,8-11H2,1H3,(H,23,24,25). The monoisotopic (exact) mass is 407 g/mol.